The van der Waals surface area contributed by atoms with E-state index in [1.807, 2.05) is 44.2 Å². The molecule has 0 aliphatic carbocycles. The molecule has 1 aromatic heterocycles. The summed E-state index contributed by atoms with van der Waals surface area (Å²) in [6, 6.07) is 17.4. The van der Waals surface area contributed by atoms with Gasteiger partial charge in [-0.15, -0.1) is 0 Å². The molecule has 1 amide bonds. The van der Waals surface area contributed by atoms with Crippen LogP contribution in [0.3, 0.4) is 0 Å². The Labute approximate surface area is 182 Å². The Kier molecular flexibility index (Phi) is 6.70. The van der Waals surface area contributed by atoms with Crippen molar-refractivity contribution in [2.24, 2.45) is 0 Å². The summed E-state index contributed by atoms with van der Waals surface area (Å²) in [6.07, 6.45) is 0. The lowest BCUT2D eigenvalue weighted by Crippen LogP contribution is -2.35. The summed E-state index contributed by atoms with van der Waals surface area (Å²) in [5.74, 6) is 1.38. The SMILES string of the molecule is Cc1cc(C)cc(OCc2ccc(C(=O)Nc3cccc(CN4CCOCC4)c3)o2)c1. The molecule has 1 fully saturated rings. The van der Waals surface area contributed by atoms with Crippen molar-refractivity contribution in [3.63, 3.8) is 0 Å². The second-order valence-electron chi connectivity index (χ2n) is 7.92. The van der Waals surface area contributed by atoms with Gasteiger partial charge in [0.05, 0.1) is 13.2 Å². The molecule has 0 bridgehead atoms. The number of hydrogen-bond acceptors (Lipinski definition) is 5. The number of anilines is 1. The van der Waals surface area contributed by atoms with Crippen molar-refractivity contribution < 1.29 is 18.7 Å². The average Bonchev–Trinajstić information content (AvgIpc) is 3.22. The first-order chi connectivity index (χ1) is 15.0. The number of carbonyl (C=O) groups is 1. The smallest absolute Gasteiger partial charge is 0.291 e. The fraction of sp³-hybridized carbons (Fsp3) is 0.320. The number of amides is 1. The van der Waals surface area contributed by atoms with Gasteiger partial charge in [-0.3, -0.25) is 9.69 Å². The second kappa shape index (κ2) is 9.81. The lowest BCUT2D eigenvalue weighted by molar-refractivity contribution is 0.0342. The van der Waals surface area contributed by atoms with E-state index in [2.05, 4.69) is 22.3 Å². The zero-order valence-electron chi connectivity index (χ0n) is 18.0. The van der Waals surface area contributed by atoms with Crippen LogP contribution < -0.4 is 10.1 Å². The average molecular weight is 421 g/mol. The molecular weight excluding hydrogens is 392 g/mol. The van der Waals surface area contributed by atoms with E-state index in [0.29, 0.717) is 5.76 Å². The first-order valence-corrected chi connectivity index (χ1v) is 10.6. The van der Waals surface area contributed by atoms with Crippen LogP contribution in [0.5, 0.6) is 5.75 Å². The van der Waals surface area contributed by atoms with Gasteiger partial charge in [0.15, 0.2) is 5.76 Å². The molecule has 2 heterocycles. The molecule has 1 aliphatic rings. The van der Waals surface area contributed by atoms with E-state index in [1.54, 1.807) is 12.1 Å². The molecule has 0 saturated carbocycles. The third kappa shape index (κ3) is 5.96. The fourth-order valence-electron chi connectivity index (χ4n) is 3.71. The number of furan rings is 1. The molecule has 31 heavy (non-hydrogen) atoms. The molecule has 2 aromatic carbocycles. The third-order valence-electron chi connectivity index (χ3n) is 5.16. The molecule has 0 spiro atoms. The van der Waals surface area contributed by atoms with Crippen LogP contribution in [0.2, 0.25) is 0 Å². The van der Waals surface area contributed by atoms with Crippen molar-refractivity contribution in [1.82, 2.24) is 4.90 Å². The molecule has 0 atom stereocenters. The van der Waals surface area contributed by atoms with Crippen molar-refractivity contribution in [3.05, 3.63) is 82.8 Å². The number of nitrogens with zero attached hydrogens (tertiary/aromatic N) is 1. The second-order valence-corrected chi connectivity index (χ2v) is 7.92. The Balaban J connectivity index is 1.34. The highest BCUT2D eigenvalue weighted by Crippen LogP contribution is 2.19. The maximum Gasteiger partial charge on any atom is 0.291 e. The van der Waals surface area contributed by atoms with Gasteiger partial charge in [0.2, 0.25) is 0 Å². The van der Waals surface area contributed by atoms with Crippen LogP contribution in [0.15, 0.2) is 59.0 Å². The van der Waals surface area contributed by atoms with Gasteiger partial charge in [0.1, 0.15) is 18.1 Å². The van der Waals surface area contributed by atoms with Crippen LogP contribution in [0.1, 0.15) is 33.0 Å². The molecule has 0 unspecified atom stereocenters. The summed E-state index contributed by atoms with van der Waals surface area (Å²) in [6.45, 7) is 8.57. The van der Waals surface area contributed by atoms with Crippen molar-refractivity contribution >= 4 is 11.6 Å². The van der Waals surface area contributed by atoms with Gasteiger partial charge in [-0.25, -0.2) is 0 Å². The molecule has 1 N–H and O–H groups in total. The molecule has 162 valence electrons. The monoisotopic (exact) mass is 420 g/mol. The normalized spacial score (nSPS) is 14.4. The van der Waals surface area contributed by atoms with E-state index < -0.39 is 0 Å². The summed E-state index contributed by atoms with van der Waals surface area (Å²) in [4.78, 5) is 15.0. The summed E-state index contributed by atoms with van der Waals surface area (Å²) in [7, 11) is 0. The Bertz CT molecular complexity index is 1020. The number of hydrogen-bond donors (Lipinski definition) is 1. The number of rotatable bonds is 7. The molecule has 1 aliphatic heterocycles. The van der Waals surface area contributed by atoms with E-state index in [0.717, 1.165) is 61.0 Å². The maximum atomic E-state index is 12.6. The van der Waals surface area contributed by atoms with Crippen molar-refractivity contribution in [3.8, 4) is 5.75 Å². The fourth-order valence-corrected chi connectivity index (χ4v) is 3.71. The van der Waals surface area contributed by atoms with E-state index in [9.17, 15) is 4.79 Å². The Morgan fingerprint density at radius 2 is 1.81 bits per heavy atom. The van der Waals surface area contributed by atoms with Gasteiger partial charge in [-0.05, 0) is 66.9 Å². The van der Waals surface area contributed by atoms with Crippen LogP contribution in [0, 0.1) is 13.8 Å². The predicted molar refractivity (Wildman–Crippen MR) is 119 cm³/mol. The van der Waals surface area contributed by atoms with E-state index in [-0.39, 0.29) is 18.3 Å². The zero-order chi connectivity index (χ0) is 21.6. The quantitative estimate of drug-likeness (QED) is 0.607. The van der Waals surface area contributed by atoms with E-state index in [1.165, 1.54) is 0 Å². The van der Waals surface area contributed by atoms with Gasteiger partial charge in [-0.1, -0.05) is 18.2 Å². The summed E-state index contributed by atoms with van der Waals surface area (Å²) < 4.78 is 16.9. The zero-order valence-corrected chi connectivity index (χ0v) is 18.0. The van der Waals surface area contributed by atoms with Gasteiger partial charge < -0.3 is 19.2 Å². The molecule has 1 saturated heterocycles. The highest BCUT2D eigenvalue weighted by atomic mass is 16.5. The molecule has 6 heteroatoms. The number of ether oxygens (including phenoxy) is 2. The van der Waals surface area contributed by atoms with Crippen LogP contribution in [0.4, 0.5) is 5.69 Å². The van der Waals surface area contributed by atoms with Gasteiger partial charge >= 0.3 is 0 Å². The van der Waals surface area contributed by atoms with E-state index >= 15 is 0 Å². The minimum absolute atomic E-state index is 0.262. The van der Waals surface area contributed by atoms with Crippen molar-refractivity contribution in [1.29, 1.82) is 0 Å². The number of aryl methyl sites for hydroxylation is 2. The minimum Gasteiger partial charge on any atom is -0.486 e. The number of nitrogens with one attached hydrogen (secondary N) is 1. The van der Waals surface area contributed by atoms with Crippen LogP contribution in [0.25, 0.3) is 0 Å². The first kappa shape index (κ1) is 21.2. The van der Waals surface area contributed by atoms with Crippen LogP contribution in [-0.2, 0) is 17.9 Å². The summed E-state index contributed by atoms with van der Waals surface area (Å²) in [5.41, 5.74) is 4.19. The van der Waals surface area contributed by atoms with Crippen LogP contribution >= 0.6 is 0 Å². The highest BCUT2D eigenvalue weighted by molar-refractivity contribution is 6.02. The third-order valence-corrected chi connectivity index (χ3v) is 5.16. The lowest BCUT2D eigenvalue weighted by atomic mass is 10.1. The van der Waals surface area contributed by atoms with Crippen LogP contribution in [-0.4, -0.2) is 37.1 Å². The minimum atomic E-state index is -0.277. The molecule has 3 aromatic rings. The molecule has 4 rings (SSSR count). The lowest BCUT2D eigenvalue weighted by Gasteiger charge is -2.26. The Hall–Kier alpha value is -3.09. The highest BCUT2D eigenvalue weighted by Gasteiger charge is 2.14. The largest absolute Gasteiger partial charge is 0.486 e. The topological polar surface area (TPSA) is 63.9 Å². The number of morpholine rings is 1. The number of benzene rings is 2. The first-order valence-electron chi connectivity index (χ1n) is 10.6. The maximum absolute atomic E-state index is 12.6. The molecule has 0 radical (unpaired) electrons. The standard InChI is InChI=1S/C25H28N2O4/c1-18-12-19(2)14-23(13-18)30-17-22-6-7-24(31-22)25(28)26-21-5-3-4-20(15-21)16-27-8-10-29-11-9-27/h3-7,12-15H,8-11,16-17H2,1-2H3,(H,26,28). The summed E-state index contributed by atoms with van der Waals surface area (Å²) >= 11 is 0. The summed E-state index contributed by atoms with van der Waals surface area (Å²) in [5, 5.41) is 2.92. The van der Waals surface area contributed by atoms with Gasteiger partial charge in [0.25, 0.3) is 5.91 Å². The van der Waals surface area contributed by atoms with Crippen molar-refractivity contribution in [2.75, 3.05) is 31.6 Å². The van der Waals surface area contributed by atoms with Gasteiger partial charge in [0, 0.05) is 25.3 Å². The Morgan fingerprint density at radius 1 is 1.03 bits per heavy atom. The number of carbonyl (C=O) groups excluding carboxylic acids is 1. The molecular formula is C25H28N2O4. The predicted octanol–water partition coefficient (Wildman–Crippen LogP) is 4.56. The van der Waals surface area contributed by atoms with E-state index in [4.69, 9.17) is 13.9 Å². The Morgan fingerprint density at radius 3 is 2.58 bits per heavy atom. The van der Waals surface area contributed by atoms with Crippen molar-refractivity contribution in [2.45, 2.75) is 27.0 Å². The molecule has 6 nitrogen and oxygen atoms in total. The van der Waals surface area contributed by atoms with Gasteiger partial charge in [-0.2, -0.15) is 0 Å².